The summed E-state index contributed by atoms with van der Waals surface area (Å²) in [6.07, 6.45) is 5.46. The van der Waals surface area contributed by atoms with E-state index in [0.29, 0.717) is 13.2 Å². The van der Waals surface area contributed by atoms with Crippen LogP contribution in [0.25, 0.3) is 17.2 Å². The van der Waals surface area contributed by atoms with Gasteiger partial charge in [0.1, 0.15) is 11.4 Å². The highest BCUT2D eigenvalue weighted by Crippen LogP contribution is 2.20. The van der Waals surface area contributed by atoms with Gasteiger partial charge < -0.3 is 14.8 Å². The molecule has 33 heavy (non-hydrogen) atoms. The number of rotatable bonds is 9. The van der Waals surface area contributed by atoms with E-state index in [1.807, 2.05) is 51.1 Å². The van der Waals surface area contributed by atoms with Crippen molar-refractivity contribution in [2.24, 2.45) is 0 Å². The van der Waals surface area contributed by atoms with Gasteiger partial charge in [0.05, 0.1) is 6.61 Å². The third-order valence-corrected chi connectivity index (χ3v) is 4.86. The molecule has 0 fully saturated rings. The molecule has 0 aromatic heterocycles. The van der Waals surface area contributed by atoms with Gasteiger partial charge in [0, 0.05) is 6.54 Å². The summed E-state index contributed by atoms with van der Waals surface area (Å²) in [6.45, 7) is 6.71. The molecule has 0 bridgehead atoms. The zero-order valence-corrected chi connectivity index (χ0v) is 19.7. The number of benzene rings is 3. The lowest BCUT2D eigenvalue weighted by Gasteiger charge is -2.19. The Morgan fingerprint density at radius 2 is 1.64 bits per heavy atom. The fraction of sp³-hybridized carbons (Fsp3) is 0.276. The van der Waals surface area contributed by atoms with Crippen molar-refractivity contribution in [1.82, 2.24) is 5.32 Å². The summed E-state index contributed by atoms with van der Waals surface area (Å²) in [4.78, 5) is 11.7. The van der Waals surface area contributed by atoms with Gasteiger partial charge in [-0.25, -0.2) is 4.79 Å². The van der Waals surface area contributed by atoms with Crippen LogP contribution >= 0.6 is 0 Å². The lowest BCUT2D eigenvalue weighted by molar-refractivity contribution is 0.0528. The van der Waals surface area contributed by atoms with Gasteiger partial charge in [-0.2, -0.15) is 0 Å². The van der Waals surface area contributed by atoms with E-state index in [0.717, 1.165) is 24.2 Å². The molecule has 0 aliphatic rings. The van der Waals surface area contributed by atoms with Crippen LogP contribution < -0.4 is 10.1 Å². The number of hydrogen-bond acceptors (Lipinski definition) is 3. The van der Waals surface area contributed by atoms with Crippen LogP contribution in [0.15, 0.2) is 84.9 Å². The van der Waals surface area contributed by atoms with Crippen LogP contribution in [0.1, 0.15) is 38.3 Å². The van der Waals surface area contributed by atoms with Gasteiger partial charge in [0.2, 0.25) is 0 Å². The van der Waals surface area contributed by atoms with E-state index in [-0.39, 0.29) is 6.09 Å². The normalized spacial score (nSPS) is 11.4. The van der Waals surface area contributed by atoms with Gasteiger partial charge in [-0.3, -0.25) is 0 Å². The zero-order chi connectivity index (χ0) is 23.5. The Balaban J connectivity index is 1.38. The van der Waals surface area contributed by atoms with Crippen LogP contribution in [0.4, 0.5) is 4.79 Å². The van der Waals surface area contributed by atoms with Crippen molar-refractivity contribution in [3.05, 3.63) is 96.1 Å². The first kappa shape index (κ1) is 24.1. The predicted octanol–water partition coefficient (Wildman–Crippen LogP) is 6.90. The zero-order valence-electron chi connectivity index (χ0n) is 19.7. The molecule has 172 valence electrons. The van der Waals surface area contributed by atoms with Crippen molar-refractivity contribution >= 4 is 12.2 Å². The van der Waals surface area contributed by atoms with E-state index in [4.69, 9.17) is 9.47 Å². The maximum absolute atomic E-state index is 11.7. The third kappa shape index (κ3) is 8.85. The Morgan fingerprint density at radius 1 is 0.909 bits per heavy atom. The van der Waals surface area contributed by atoms with Gasteiger partial charge in [-0.1, -0.05) is 72.8 Å². The Labute approximate surface area is 197 Å². The number of nitrogens with one attached hydrogen (secondary N) is 1. The second-order valence-electron chi connectivity index (χ2n) is 8.85. The fourth-order valence-corrected chi connectivity index (χ4v) is 3.29. The molecule has 1 N–H and O–H groups in total. The number of carbonyl (C=O) groups is 1. The number of carbonyl (C=O) groups excluding carboxylic acids is 1. The van der Waals surface area contributed by atoms with Crippen LogP contribution in [0.3, 0.4) is 0 Å². The van der Waals surface area contributed by atoms with Crippen LogP contribution in [0.5, 0.6) is 5.75 Å². The maximum Gasteiger partial charge on any atom is 0.407 e. The summed E-state index contributed by atoms with van der Waals surface area (Å²) in [5.41, 5.74) is 4.28. The Morgan fingerprint density at radius 3 is 2.36 bits per heavy atom. The van der Waals surface area contributed by atoms with Crippen LogP contribution in [0.2, 0.25) is 0 Å². The van der Waals surface area contributed by atoms with Crippen LogP contribution in [-0.2, 0) is 11.2 Å². The van der Waals surface area contributed by atoms with Gasteiger partial charge in [0.25, 0.3) is 0 Å². The number of amides is 1. The second kappa shape index (κ2) is 11.9. The average Bonchev–Trinajstić information content (AvgIpc) is 2.79. The molecule has 3 aromatic carbocycles. The minimum absolute atomic E-state index is 0.387. The van der Waals surface area contributed by atoms with E-state index >= 15 is 0 Å². The van der Waals surface area contributed by atoms with Crippen molar-refractivity contribution in [3.63, 3.8) is 0 Å². The summed E-state index contributed by atoms with van der Waals surface area (Å²) < 4.78 is 11.1. The van der Waals surface area contributed by atoms with E-state index in [2.05, 4.69) is 66.0 Å². The first-order valence-electron chi connectivity index (χ1n) is 11.4. The van der Waals surface area contributed by atoms with Gasteiger partial charge in [-0.05, 0) is 74.1 Å². The fourth-order valence-electron chi connectivity index (χ4n) is 3.29. The maximum atomic E-state index is 11.7. The van der Waals surface area contributed by atoms with Crippen LogP contribution in [-0.4, -0.2) is 24.8 Å². The second-order valence-corrected chi connectivity index (χ2v) is 8.85. The highest BCUT2D eigenvalue weighted by molar-refractivity contribution is 5.68. The van der Waals surface area contributed by atoms with Crippen molar-refractivity contribution < 1.29 is 14.3 Å². The molecule has 0 spiro atoms. The number of hydrogen-bond donors (Lipinski definition) is 1. The summed E-state index contributed by atoms with van der Waals surface area (Å²) in [5, 5.41) is 2.78. The Kier molecular flexibility index (Phi) is 8.71. The van der Waals surface area contributed by atoms with E-state index in [1.165, 1.54) is 16.7 Å². The molecule has 0 saturated carbocycles. The van der Waals surface area contributed by atoms with Crippen molar-refractivity contribution in [2.75, 3.05) is 13.2 Å². The number of ether oxygens (including phenoxy) is 2. The van der Waals surface area contributed by atoms with Crippen molar-refractivity contribution in [2.45, 2.75) is 39.2 Å². The highest BCUT2D eigenvalue weighted by Gasteiger charge is 2.15. The van der Waals surface area contributed by atoms with Crippen molar-refractivity contribution in [1.29, 1.82) is 0 Å². The smallest absolute Gasteiger partial charge is 0.407 e. The Bertz CT molecular complexity index is 1030. The standard InChI is InChI=1S/C29H33NO3/c1-29(2,3)33-28(31)30-20-19-23-15-17-27(18-16-23)32-21-8-7-10-24-11-9-14-26(22-24)25-12-5-4-6-13-25/h4-7,9-18,22H,8,19-21H2,1-3H3,(H,30,31)/b10-7+. The largest absolute Gasteiger partial charge is 0.493 e. The van der Waals surface area contributed by atoms with Gasteiger partial charge >= 0.3 is 6.09 Å². The summed E-state index contributed by atoms with van der Waals surface area (Å²) in [6, 6.07) is 26.9. The van der Waals surface area contributed by atoms with Gasteiger partial charge in [0.15, 0.2) is 0 Å². The molecule has 0 atom stereocenters. The molecule has 0 aliphatic carbocycles. The van der Waals surface area contributed by atoms with E-state index in [9.17, 15) is 4.79 Å². The molecule has 0 saturated heterocycles. The molecular weight excluding hydrogens is 410 g/mol. The lowest BCUT2D eigenvalue weighted by atomic mass is 10.0. The third-order valence-electron chi connectivity index (χ3n) is 4.86. The quantitative estimate of drug-likeness (QED) is 0.366. The summed E-state index contributed by atoms with van der Waals surface area (Å²) >= 11 is 0. The minimum atomic E-state index is -0.482. The topological polar surface area (TPSA) is 47.6 Å². The first-order chi connectivity index (χ1) is 15.9. The molecule has 0 radical (unpaired) electrons. The molecule has 4 nitrogen and oxygen atoms in total. The molecule has 3 aromatic rings. The lowest BCUT2D eigenvalue weighted by Crippen LogP contribution is -2.33. The molecule has 0 unspecified atom stereocenters. The summed E-state index contributed by atoms with van der Waals surface area (Å²) in [7, 11) is 0. The van der Waals surface area contributed by atoms with E-state index in [1.54, 1.807) is 0 Å². The van der Waals surface area contributed by atoms with Crippen LogP contribution in [0, 0.1) is 0 Å². The SMILES string of the molecule is CC(C)(C)OC(=O)NCCc1ccc(OCC/C=C/c2cccc(-c3ccccc3)c2)cc1. The molecular formula is C29H33NO3. The molecule has 3 rings (SSSR count). The average molecular weight is 444 g/mol. The van der Waals surface area contributed by atoms with Gasteiger partial charge in [-0.15, -0.1) is 0 Å². The molecule has 0 aliphatic heterocycles. The van der Waals surface area contributed by atoms with E-state index < -0.39 is 5.60 Å². The monoisotopic (exact) mass is 443 g/mol. The highest BCUT2D eigenvalue weighted by atomic mass is 16.6. The molecule has 4 heteroatoms. The Hall–Kier alpha value is -3.53. The number of alkyl carbamates (subject to hydrolysis) is 1. The van der Waals surface area contributed by atoms with Crippen molar-refractivity contribution in [3.8, 4) is 16.9 Å². The molecule has 1 amide bonds. The molecule has 0 heterocycles. The summed E-state index contributed by atoms with van der Waals surface area (Å²) in [5.74, 6) is 0.846. The minimum Gasteiger partial charge on any atom is -0.493 e. The predicted molar refractivity (Wildman–Crippen MR) is 135 cm³/mol. The first-order valence-corrected chi connectivity index (χ1v) is 11.4.